The number of benzene rings is 5. The van der Waals surface area contributed by atoms with Crippen LogP contribution in [0.25, 0.3) is 89.7 Å². The zero-order valence-electron chi connectivity index (χ0n) is 40.6. The predicted molar refractivity (Wildman–Crippen MR) is 256 cm³/mol. The molecule has 9 aromatic rings. The summed E-state index contributed by atoms with van der Waals surface area (Å²) in [6.45, 7) is 0. The van der Waals surface area contributed by atoms with Crippen LogP contribution in [0, 0.1) is 0 Å². The molecule has 4 N–H and O–H groups in total. The van der Waals surface area contributed by atoms with Crippen molar-refractivity contribution in [1.29, 1.82) is 0 Å². The molecule has 389 valence electrons. The van der Waals surface area contributed by atoms with Gasteiger partial charge in [-0.15, -0.1) is 0 Å². The molecule has 5 aromatic carbocycles. The maximum absolute atomic E-state index is 14.3. The van der Waals surface area contributed by atoms with Crippen LogP contribution in [-0.2, 0) is 67.6 Å². The van der Waals surface area contributed by atoms with Gasteiger partial charge in [0.15, 0.2) is 0 Å². The number of fused-ring (bicyclic) bond motifs is 20. The van der Waals surface area contributed by atoms with E-state index in [1.807, 2.05) is 0 Å². The monoisotopic (exact) mass is 1280 g/mol. The third kappa shape index (κ3) is 12.8. The van der Waals surface area contributed by atoms with E-state index in [0.29, 0.717) is 0 Å². The van der Waals surface area contributed by atoms with E-state index in [1.54, 1.807) is 0 Å². The van der Waals surface area contributed by atoms with Crippen molar-refractivity contribution in [2.24, 2.45) is 0 Å². The van der Waals surface area contributed by atoms with Gasteiger partial charge in [-0.3, -0.25) is 4.72 Å². The van der Waals surface area contributed by atoms with Crippen LogP contribution in [0.15, 0.2) is 115 Å². The van der Waals surface area contributed by atoms with E-state index in [4.69, 9.17) is 17.3 Å². The quantitative estimate of drug-likeness (QED) is 0.0892. The predicted octanol–water partition coefficient (Wildman–Crippen LogP) is -9.28. The van der Waals surface area contributed by atoms with Gasteiger partial charge in [0.25, 0.3) is 10.0 Å². The Morgan fingerprint density at radius 3 is 1.30 bits per heavy atom. The first kappa shape index (κ1) is 65.4. The smallest absolute Gasteiger partial charge is 0.744 e. The largest absolute Gasteiger partial charge is 2.00 e. The number of rotatable bonds is 9. The second-order valence-corrected chi connectivity index (χ2v) is 23.4. The normalized spacial score (nSPS) is 12.1. The summed E-state index contributed by atoms with van der Waals surface area (Å²) < 4.78 is 178. The Balaban J connectivity index is 0.00000206. The molecule has 6 heterocycles. The van der Waals surface area contributed by atoms with Crippen LogP contribution in [0.5, 0.6) is 0 Å². The van der Waals surface area contributed by atoms with E-state index in [9.17, 15) is 60.3 Å². The SMILES string of the molecule is Nc1nc(Cl)nc(Nc2ccc(S(=O)(=O)[O-])c(NS(=O)(=O)c3ccc4c(c3)-c3nc-4nc4[n-]c(nc5nc(nc6[n-]c(n3)c3ccc(S(=O)(=O)[O-])cc63)-c3ccc(S(=O)(=O)[O-])cc3-5)c3cc(S(=O)(=O)[O-])ccc43)c2)n1.[Cu+2].[Na+].[Na+].[Na+].[Na+]. The molecule has 28 nitrogen and oxygen atoms in total. The van der Waals surface area contributed by atoms with E-state index >= 15 is 0 Å². The number of sulfonamides is 1. The van der Waals surface area contributed by atoms with Gasteiger partial charge in [0, 0.05) is 50.5 Å². The van der Waals surface area contributed by atoms with E-state index in [1.165, 1.54) is 24.3 Å². The molecule has 0 saturated carbocycles. The summed E-state index contributed by atoms with van der Waals surface area (Å²) in [5, 5.41) is 2.21. The van der Waals surface area contributed by atoms with Gasteiger partial charge in [0.2, 0.25) is 17.2 Å². The minimum atomic E-state index is -5.36. The molecule has 2 aliphatic heterocycles. The van der Waals surface area contributed by atoms with Crippen molar-refractivity contribution in [3.63, 3.8) is 0 Å². The Morgan fingerprint density at radius 2 is 0.850 bits per heavy atom. The van der Waals surface area contributed by atoms with Gasteiger partial charge in [0.1, 0.15) is 40.5 Å². The van der Waals surface area contributed by atoms with E-state index in [2.05, 4.69) is 64.9 Å². The third-order valence-corrected chi connectivity index (χ3v) is 16.1. The number of nitrogen functional groups attached to an aromatic ring is 1. The molecule has 2 aliphatic rings. The molecule has 4 aromatic heterocycles. The summed E-state index contributed by atoms with van der Waals surface area (Å²) >= 11 is 5.87. The molecule has 0 aliphatic carbocycles. The molecule has 0 atom stereocenters. The van der Waals surface area contributed by atoms with E-state index in [-0.39, 0.29) is 248 Å². The zero-order chi connectivity index (χ0) is 53.3. The van der Waals surface area contributed by atoms with Crippen molar-refractivity contribution in [2.45, 2.75) is 24.5 Å². The van der Waals surface area contributed by atoms with Crippen LogP contribution in [0.4, 0.5) is 23.3 Å². The minimum Gasteiger partial charge on any atom is -0.744 e. The molecule has 0 saturated heterocycles. The zero-order valence-corrected chi connectivity index (χ0v) is 54.4. The van der Waals surface area contributed by atoms with Gasteiger partial charge in [-0.1, -0.05) is 24.3 Å². The fourth-order valence-corrected chi connectivity index (χ4v) is 11.3. The molecule has 0 unspecified atom stereocenters. The van der Waals surface area contributed by atoms with Gasteiger partial charge < -0.3 is 59.2 Å². The fraction of sp³-hybridized carbons (Fsp3) is 0. The van der Waals surface area contributed by atoms with E-state index in [0.717, 1.165) is 66.7 Å². The van der Waals surface area contributed by atoms with Crippen LogP contribution in [-0.4, -0.2) is 105 Å². The second-order valence-electron chi connectivity index (χ2n) is 15.9. The summed E-state index contributed by atoms with van der Waals surface area (Å²) in [6, 6.07) is 15.5. The maximum atomic E-state index is 14.3. The Morgan fingerprint density at radius 1 is 0.438 bits per heavy atom. The number of hydrogen-bond acceptors (Lipinski definition) is 25. The molecule has 0 spiro atoms. The molecule has 39 heteroatoms. The van der Waals surface area contributed by atoms with Crippen LogP contribution < -0.4 is 144 Å². The molecule has 80 heavy (non-hydrogen) atoms. The number of anilines is 4. The fourth-order valence-electron chi connectivity index (χ4n) is 7.87. The maximum Gasteiger partial charge on any atom is 2.00 e. The number of nitrogens with one attached hydrogen (secondary N) is 2. The summed E-state index contributed by atoms with van der Waals surface area (Å²) in [7, 11) is -25.6. The molecular weight excluding hydrogens is 1260 g/mol. The van der Waals surface area contributed by atoms with Gasteiger partial charge in [-0.25, -0.2) is 52.1 Å². The number of halogens is 1. The average Bonchev–Trinajstić information content (AvgIpc) is 4.05. The topological polar surface area (TPSA) is 457 Å². The molecular formula is C41H19ClCuN14Na4O14S5. The Labute approximate surface area is 554 Å². The van der Waals surface area contributed by atoms with Crippen LogP contribution >= 0.6 is 11.6 Å². The van der Waals surface area contributed by atoms with Crippen molar-refractivity contribution in [3.05, 3.63) is 96.3 Å². The minimum absolute atomic E-state index is 0. The molecule has 11 rings (SSSR count). The van der Waals surface area contributed by atoms with Crippen molar-refractivity contribution >= 4 is 130 Å². The number of aromatic nitrogens is 11. The molecule has 0 fully saturated rings. The van der Waals surface area contributed by atoms with Crippen molar-refractivity contribution in [1.82, 2.24) is 54.8 Å². The first-order valence-corrected chi connectivity index (χ1v) is 27.9. The van der Waals surface area contributed by atoms with Crippen LogP contribution in [0.3, 0.4) is 0 Å². The number of nitrogens with zero attached hydrogens (tertiary/aromatic N) is 11. The first-order valence-electron chi connectivity index (χ1n) is 20.4. The Bertz CT molecular complexity index is 4860. The summed E-state index contributed by atoms with van der Waals surface area (Å²) in [6.07, 6.45) is 0. The van der Waals surface area contributed by atoms with Crippen LogP contribution in [0.2, 0.25) is 5.28 Å². The summed E-state index contributed by atoms with van der Waals surface area (Å²) in [5.41, 5.74) is 3.55. The van der Waals surface area contributed by atoms with Crippen LogP contribution in [0.1, 0.15) is 0 Å². The van der Waals surface area contributed by atoms with Gasteiger partial charge >= 0.3 is 135 Å². The Hall–Kier alpha value is -3.73. The molecule has 8 bridgehead atoms. The van der Waals surface area contributed by atoms with Crippen molar-refractivity contribution in [3.8, 4) is 45.6 Å². The number of nitrogens with two attached hydrogens (primary N) is 1. The number of hydrogen-bond donors (Lipinski definition) is 3. The average molecular weight is 1280 g/mol. The Kier molecular flexibility index (Phi) is 19.4. The third-order valence-electron chi connectivity index (χ3n) is 11.1. The van der Waals surface area contributed by atoms with E-state index < -0.39 is 80.7 Å². The van der Waals surface area contributed by atoms with Gasteiger partial charge in [-0.2, -0.15) is 15.0 Å². The van der Waals surface area contributed by atoms with Gasteiger partial charge in [-0.05, 0) is 99.9 Å². The standard InChI is InChI=1S/C41H23ClN14O14S5.Cu.4Na/c42-39-53-40(43)55-41(54-39)44-16-1-10-30(75(68,69)70)29(11-16)56-71(57,58)17-2-6-21-25(12-17)35-46-31(21)45-32-22-7-3-19(73(62,63)64)14-27(22)37(47-32)52-38-28-15-20(74(65,66)67)5-9-24(28)34(51-38)50-36-26-13-18(72(59,60)61)4-8-23(26)33(48-35)49-36;;;;;/h1-15,56H,(H7-2,43,44,45,46,47,48,49,50,51,52,53,54,55,59,60,61,62,63,64,65,66,67,68,69,70);;;;;/q-2;+2;4*+1/p-4. The summed E-state index contributed by atoms with van der Waals surface area (Å²) in [4.78, 5) is 43.9. The van der Waals surface area contributed by atoms with Gasteiger partial charge in [0.05, 0.1) is 53.5 Å². The molecule has 0 amide bonds. The second kappa shape index (κ2) is 23.7. The molecule has 1 radical (unpaired) electrons. The summed E-state index contributed by atoms with van der Waals surface area (Å²) in [5.74, 6) is -1.73. The van der Waals surface area contributed by atoms with Crippen molar-refractivity contribution in [2.75, 3.05) is 15.8 Å². The van der Waals surface area contributed by atoms with Crippen molar-refractivity contribution < 1.29 is 196 Å². The first-order chi connectivity index (χ1) is 35.2.